The lowest BCUT2D eigenvalue weighted by Crippen LogP contribution is -2.58. The Kier molecular flexibility index (Phi) is 5.06. The first-order valence-electron chi connectivity index (χ1n) is 4.38. The van der Waals surface area contributed by atoms with Crippen LogP contribution in [-0.2, 0) is 9.47 Å². The van der Waals surface area contributed by atoms with E-state index in [9.17, 15) is 26.3 Å². The Morgan fingerprint density at radius 1 is 0.938 bits per heavy atom. The normalized spacial score (nSPS) is 14.2. The number of hydrogen-bond acceptors (Lipinski definition) is 2. The van der Waals surface area contributed by atoms with Gasteiger partial charge in [0.2, 0.25) is 0 Å². The summed E-state index contributed by atoms with van der Waals surface area (Å²) in [6.45, 7) is 0.140. The Hall–Kier alpha value is -0.500. The van der Waals surface area contributed by atoms with Gasteiger partial charge < -0.3 is 9.47 Å². The number of ether oxygens (including phenoxy) is 2. The fourth-order valence-corrected chi connectivity index (χ4v) is 1.19. The van der Waals surface area contributed by atoms with Crippen molar-refractivity contribution in [3.8, 4) is 0 Å². The predicted molar refractivity (Wildman–Crippen MR) is 42.7 cm³/mol. The largest absolute Gasteiger partial charge is 0.426 e. The van der Waals surface area contributed by atoms with Crippen LogP contribution in [0.4, 0.5) is 26.3 Å². The summed E-state index contributed by atoms with van der Waals surface area (Å²) in [7, 11) is 0.948. The van der Waals surface area contributed by atoms with Crippen LogP contribution in [0.5, 0.6) is 0 Å². The third-order valence-electron chi connectivity index (χ3n) is 1.94. The Morgan fingerprint density at radius 2 is 1.38 bits per heavy atom. The first kappa shape index (κ1) is 15.5. The van der Waals surface area contributed by atoms with Crippen LogP contribution in [0.2, 0.25) is 0 Å². The van der Waals surface area contributed by atoms with E-state index in [1.54, 1.807) is 0 Å². The fraction of sp³-hybridized carbons (Fsp3) is 1.00. The van der Waals surface area contributed by atoms with Gasteiger partial charge in [-0.25, -0.2) is 0 Å². The highest BCUT2D eigenvalue weighted by atomic mass is 19.4. The molecule has 0 amide bonds. The van der Waals surface area contributed by atoms with Gasteiger partial charge in [0.15, 0.2) is 0 Å². The van der Waals surface area contributed by atoms with Crippen molar-refractivity contribution in [2.24, 2.45) is 0 Å². The van der Waals surface area contributed by atoms with Crippen molar-refractivity contribution in [3.05, 3.63) is 0 Å². The molecule has 0 unspecified atom stereocenters. The van der Waals surface area contributed by atoms with Crippen LogP contribution >= 0.6 is 0 Å². The molecular formula is C8H12F6O2. The fourth-order valence-electron chi connectivity index (χ4n) is 1.19. The molecule has 0 N–H and O–H groups in total. The summed E-state index contributed by atoms with van der Waals surface area (Å²) in [6.07, 6.45) is -12.6. The van der Waals surface area contributed by atoms with E-state index in [2.05, 4.69) is 9.47 Å². The minimum Gasteiger partial charge on any atom is -0.359 e. The van der Waals surface area contributed by atoms with E-state index < -0.39 is 31.2 Å². The topological polar surface area (TPSA) is 18.5 Å². The molecule has 0 fully saturated rings. The zero-order chi connectivity index (χ0) is 13.0. The van der Waals surface area contributed by atoms with E-state index in [0.29, 0.717) is 0 Å². The first-order chi connectivity index (χ1) is 7.12. The first-order valence-corrected chi connectivity index (χ1v) is 4.38. The molecule has 0 spiro atoms. The summed E-state index contributed by atoms with van der Waals surface area (Å²) in [6, 6.07) is 0. The van der Waals surface area contributed by atoms with Gasteiger partial charge in [-0.2, -0.15) is 26.3 Å². The molecule has 8 heteroatoms. The predicted octanol–water partition coefficient (Wildman–Crippen LogP) is 3.27. The van der Waals surface area contributed by atoms with Crippen LogP contribution < -0.4 is 0 Å². The highest BCUT2D eigenvalue weighted by Gasteiger charge is 2.71. The lowest BCUT2D eigenvalue weighted by atomic mass is 9.96. The number of hydrogen-bond donors (Lipinski definition) is 0. The van der Waals surface area contributed by atoms with Crippen molar-refractivity contribution in [1.82, 2.24) is 0 Å². The van der Waals surface area contributed by atoms with Gasteiger partial charge in [-0.15, -0.1) is 0 Å². The molecule has 0 aromatic rings. The van der Waals surface area contributed by atoms with Gasteiger partial charge in [0.05, 0.1) is 0 Å². The van der Waals surface area contributed by atoms with E-state index in [1.165, 1.54) is 6.92 Å². The molecule has 0 saturated carbocycles. The maximum atomic E-state index is 12.5. The van der Waals surface area contributed by atoms with Crippen molar-refractivity contribution in [1.29, 1.82) is 0 Å². The van der Waals surface area contributed by atoms with E-state index in [-0.39, 0.29) is 6.42 Å². The van der Waals surface area contributed by atoms with Crippen LogP contribution in [0.1, 0.15) is 19.8 Å². The van der Waals surface area contributed by atoms with Crippen LogP contribution in [-0.4, -0.2) is 31.9 Å². The van der Waals surface area contributed by atoms with Crippen molar-refractivity contribution in [2.45, 2.75) is 37.7 Å². The third-order valence-corrected chi connectivity index (χ3v) is 1.94. The monoisotopic (exact) mass is 254 g/mol. The lowest BCUT2D eigenvalue weighted by Gasteiger charge is -2.36. The molecule has 0 aliphatic heterocycles. The molecule has 0 aliphatic carbocycles. The zero-order valence-electron chi connectivity index (χ0n) is 8.71. The summed E-state index contributed by atoms with van der Waals surface area (Å²) >= 11 is 0. The van der Waals surface area contributed by atoms with E-state index in [4.69, 9.17) is 0 Å². The Labute approximate surface area is 88.5 Å². The summed E-state index contributed by atoms with van der Waals surface area (Å²) in [5.41, 5.74) is -4.15. The Balaban J connectivity index is 5.23. The number of halogens is 6. The molecule has 2 nitrogen and oxygen atoms in total. The van der Waals surface area contributed by atoms with Gasteiger partial charge in [0, 0.05) is 7.11 Å². The van der Waals surface area contributed by atoms with Gasteiger partial charge in [0.25, 0.3) is 5.60 Å². The second-order valence-corrected chi connectivity index (χ2v) is 3.12. The van der Waals surface area contributed by atoms with Crippen LogP contribution in [0.15, 0.2) is 0 Å². The summed E-state index contributed by atoms with van der Waals surface area (Å²) in [5, 5.41) is 0. The quantitative estimate of drug-likeness (QED) is 0.553. The third kappa shape index (κ3) is 3.00. The molecule has 0 rings (SSSR count). The summed E-state index contributed by atoms with van der Waals surface area (Å²) < 4.78 is 82.9. The molecule has 0 atom stereocenters. The number of methoxy groups -OCH3 is 1. The lowest BCUT2D eigenvalue weighted by molar-refractivity contribution is -0.394. The van der Waals surface area contributed by atoms with Crippen molar-refractivity contribution in [3.63, 3.8) is 0 Å². The second-order valence-electron chi connectivity index (χ2n) is 3.12. The van der Waals surface area contributed by atoms with Crippen molar-refractivity contribution < 1.29 is 35.8 Å². The standard InChI is InChI=1S/C8H12F6O2/c1-3-4-6(7(9,10)11,8(12,13)14)16-5-15-2/h3-5H2,1-2H3. The SMILES string of the molecule is CCCC(OCOC)(C(F)(F)F)C(F)(F)F. The Bertz CT molecular complexity index is 196. The molecular weight excluding hydrogens is 242 g/mol. The molecule has 16 heavy (non-hydrogen) atoms. The van der Waals surface area contributed by atoms with Gasteiger partial charge in [-0.05, 0) is 6.42 Å². The zero-order valence-corrected chi connectivity index (χ0v) is 8.71. The smallest absolute Gasteiger partial charge is 0.359 e. The molecule has 0 bridgehead atoms. The van der Waals surface area contributed by atoms with Crippen molar-refractivity contribution in [2.75, 3.05) is 13.9 Å². The van der Waals surface area contributed by atoms with Gasteiger partial charge >= 0.3 is 12.4 Å². The summed E-state index contributed by atoms with van der Waals surface area (Å²) in [5.74, 6) is 0. The average Bonchev–Trinajstić information content (AvgIpc) is 2.08. The highest BCUT2D eigenvalue weighted by molar-refractivity contribution is 4.95. The van der Waals surface area contributed by atoms with E-state index in [0.717, 1.165) is 7.11 Å². The second kappa shape index (κ2) is 5.22. The number of rotatable bonds is 5. The van der Waals surface area contributed by atoms with Gasteiger partial charge in [-0.3, -0.25) is 0 Å². The molecule has 0 saturated heterocycles. The Morgan fingerprint density at radius 3 is 1.62 bits per heavy atom. The molecule has 0 aromatic heterocycles. The number of alkyl halides is 6. The van der Waals surface area contributed by atoms with Gasteiger partial charge in [0.1, 0.15) is 6.79 Å². The summed E-state index contributed by atoms with van der Waals surface area (Å²) in [4.78, 5) is 0. The van der Waals surface area contributed by atoms with Crippen LogP contribution in [0.3, 0.4) is 0 Å². The minimum absolute atomic E-state index is 0.317. The molecule has 0 aliphatic rings. The van der Waals surface area contributed by atoms with E-state index >= 15 is 0 Å². The van der Waals surface area contributed by atoms with Crippen LogP contribution in [0.25, 0.3) is 0 Å². The maximum Gasteiger partial charge on any atom is 0.426 e. The molecule has 0 radical (unpaired) electrons. The van der Waals surface area contributed by atoms with Crippen molar-refractivity contribution >= 4 is 0 Å². The molecule has 0 heterocycles. The molecule has 0 aromatic carbocycles. The van der Waals surface area contributed by atoms with Crippen LogP contribution in [0, 0.1) is 0 Å². The van der Waals surface area contributed by atoms with Gasteiger partial charge in [-0.1, -0.05) is 13.3 Å². The average molecular weight is 254 g/mol. The van der Waals surface area contributed by atoms with E-state index in [1.807, 2.05) is 0 Å². The molecule has 98 valence electrons. The maximum absolute atomic E-state index is 12.5. The minimum atomic E-state index is -5.53. The highest BCUT2D eigenvalue weighted by Crippen LogP contribution is 2.48.